The number of likely N-dealkylation sites (tertiary alicyclic amines) is 1. The van der Waals surface area contributed by atoms with Crippen molar-refractivity contribution >= 4 is 17.9 Å². The highest BCUT2D eigenvalue weighted by molar-refractivity contribution is 5.83. The van der Waals surface area contributed by atoms with E-state index in [4.69, 9.17) is 10.8 Å². The van der Waals surface area contributed by atoms with E-state index in [1.807, 2.05) is 6.92 Å². The van der Waals surface area contributed by atoms with Crippen molar-refractivity contribution in [2.75, 3.05) is 6.54 Å². The number of carboxylic acid groups (broad SMARTS) is 1. The second kappa shape index (κ2) is 7.12. The highest BCUT2D eigenvalue weighted by Gasteiger charge is 2.30. The molecule has 0 spiro atoms. The summed E-state index contributed by atoms with van der Waals surface area (Å²) in [5.74, 6) is -1.34. The van der Waals surface area contributed by atoms with E-state index in [1.54, 1.807) is 4.90 Å². The maximum atomic E-state index is 12.1. The van der Waals surface area contributed by atoms with Gasteiger partial charge in [-0.25, -0.2) is 9.59 Å². The van der Waals surface area contributed by atoms with Gasteiger partial charge in [0.05, 0.1) is 0 Å². The van der Waals surface area contributed by atoms with E-state index in [0.717, 1.165) is 12.8 Å². The maximum absolute atomic E-state index is 12.1. The second-order valence-electron chi connectivity index (χ2n) is 5.40. The number of piperidine rings is 1. The van der Waals surface area contributed by atoms with Gasteiger partial charge < -0.3 is 21.1 Å². The summed E-state index contributed by atoms with van der Waals surface area (Å²) < 4.78 is 0. The first kappa shape index (κ1) is 16.3. The number of rotatable bonds is 5. The molecule has 0 bridgehead atoms. The van der Waals surface area contributed by atoms with Crippen LogP contribution in [0.25, 0.3) is 0 Å². The highest BCUT2D eigenvalue weighted by Crippen LogP contribution is 2.22. The molecule has 1 saturated heterocycles. The van der Waals surface area contributed by atoms with Gasteiger partial charge >= 0.3 is 12.0 Å². The standard InChI is InChI=1S/C13H23N3O4/c1-8-4-3-7-16(9(8)2)13(20)15-10(12(18)19)5-6-11(14)17/h8-10H,3-7H2,1-2H3,(H2,14,17)(H,15,20)(H,18,19). The second-order valence-corrected chi connectivity index (χ2v) is 5.40. The van der Waals surface area contributed by atoms with Crippen molar-refractivity contribution in [1.29, 1.82) is 0 Å². The van der Waals surface area contributed by atoms with Crippen molar-refractivity contribution < 1.29 is 19.5 Å². The van der Waals surface area contributed by atoms with Gasteiger partial charge in [0, 0.05) is 19.0 Å². The maximum Gasteiger partial charge on any atom is 0.326 e. The molecular formula is C13H23N3O4. The molecule has 0 aromatic heterocycles. The molecule has 0 aromatic rings. The van der Waals surface area contributed by atoms with Gasteiger partial charge in [-0.05, 0) is 32.1 Å². The number of aliphatic carboxylic acids is 1. The number of urea groups is 1. The van der Waals surface area contributed by atoms with E-state index in [-0.39, 0.29) is 24.9 Å². The number of carbonyl (C=O) groups excluding carboxylic acids is 2. The number of nitrogens with zero attached hydrogens (tertiary/aromatic N) is 1. The molecule has 1 aliphatic heterocycles. The van der Waals surface area contributed by atoms with Crippen LogP contribution in [0.4, 0.5) is 4.79 Å². The summed E-state index contributed by atoms with van der Waals surface area (Å²) in [4.78, 5) is 35.6. The third-order valence-electron chi connectivity index (χ3n) is 3.91. The molecule has 1 rings (SSSR count). The largest absolute Gasteiger partial charge is 0.480 e. The van der Waals surface area contributed by atoms with Gasteiger partial charge in [-0.3, -0.25) is 4.79 Å². The summed E-state index contributed by atoms with van der Waals surface area (Å²) in [6.07, 6.45) is 1.92. The fourth-order valence-electron chi connectivity index (χ4n) is 2.40. The normalized spacial score (nSPS) is 24.0. The minimum atomic E-state index is -1.16. The first-order chi connectivity index (χ1) is 9.32. The van der Waals surface area contributed by atoms with Crippen LogP contribution >= 0.6 is 0 Å². The Morgan fingerprint density at radius 2 is 2.05 bits per heavy atom. The third kappa shape index (κ3) is 4.40. The number of carbonyl (C=O) groups is 3. The minimum absolute atomic E-state index is 0.00812. The molecule has 0 aromatic carbocycles. The van der Waals surface area contributed by atoms with Crippen LogP contribution in [0, 0.1) is 5.92 Å². The smallest absolute Gasteiger partial charge is 0.326 e. The van der Waals surface area contributed by atoms with Crippen molar-refractivity contribution in [3.05, 3.63) is 0 Å². The van der Waals surface area contributed by atoms with Gasteiger partial charge in [0.2, 0.25) is 5.91 Å². The average molecular weight is 285 g/mol. The first-order valence-corrected chi connectivity index (χ1v) is 6.91. The van der Waals surface area contributed by atoms with Crippen LogP contribution in [0.1, 0.15) is 39.5 Å². The van der Waals surface area contributed by atoms with E-state index in [0.29, 0.717) is 12.5 Å². The topological polar surface area (TPSA) is 113 Å². The van der Waals surface area contributed by atoms with Crippen LogP contribution in [0.5, 0.6) is 0 Å². The van der Waals surface area contributed by atoms with Crippen molar-refractivity contribution in [3.63, 3.8) is 0 Å². The van der Waals surface area contributed by atoms with E-state index in [2.05, 4.69) is 12.2 Å². The summed E-state index contributed by atoms with van der Waals surface area (Å²) in [6, 6.07) is -1.39. The Bertz CT molecular complexity index is 386. The molecular weight excluding hydrogens is 262 g/mol. The summed E-state index contributed by atoms with van der Waals surface area (Å²) in [7, 11) is 0. The van der Waals surface area contributed by atoms with Gasteiger partial charge in [0.15, 0.2) is 0 Å². The van der Waals surface area contributed by atoms with Crippen LogP contribution < -0.4 is 11.1 Å². The predicted octanol–water partition coefficient (Wildman–Crippen LogP) is 0.535. The molecule has 3 atom stereocenters. The number of hydrogen-bond donors (Lipinski definition) is 3. The number of amides is 3. The van der Waals surface area contributed by atoms with Crippen molar-refractivity contribution in [2.45, 2.75) is 51.6 Å². The molecule has 0 radical (unpaired) electrons. The molecule has 7 heteroatoms. The van der Waals surface area contributed by atoms with E-state index in [1.165, 1.54) is 0 Å². The van der Waals surface area contributed by atoms with Gasteiger partial charge in [0.25, 0.3) is 0 Å². The summed E-state index contributed by atoms with van der Waals surface area (Å²) in [6.45, 7) is 4.66. The number of hydrogen-bond acceptors (Lipinski definition) is 3. The van der Waals surface area contributed by atoms with Crippen molar-refractivity contribution in [1.82, 2.24) is 10.2 Å². The first-order valence-electron chi connectivity index (χ1n) is 6.91. The molecule has 0 saturated carbocycles. The zero-order valence-electron chi connectivity index (χ0n) is 12.0. The lowest BCUT2D eigenvalue weighted by atomic mass is 9.92. The summed E-state index contributed by atoms with van der Waals surface area (Å²) in [5, 5.41) is 11.5. The Labute approximate surface area is 118 Å². The quantitative estimate of drug-likeness (QED) is 0.684. The Balaban J connectivity index is 2.60. The zero-order chi connectivity index (χ0) is 15.3. The van der Waals surface area contributed by atoms with Crippen LogP contribution in [0.2, 0.25) is 0 Å². The molecule has 3 amide bonds. The molecule has 3 unspecified atom stereocenters. The Kier molecular flexibility index (Phi) is 5.79. The van der Waals surface area contributed by atoms with Crippen LogP contribution in [0.15, 0.2) is 0 Å². The average Bonchev–Trinajstić information content (AvgIpc) is 2.36. The zero-order valence-corrected chi connectivity index (χ0v) is 12.0. The third-order valence-corrected chi connectivity index (χ3v) is 3.91. The predicted molar refractivity (Wildman–Crippen MR) is 72.9 cm³/mol. The van der Waals surface area contributed by atoms with Gasteiger partial charge in [-0.15, -0.1) is 0 Å². The Morgan fingerprint density at radius 1 is 1.40 bits per heavy atom. The van der Waals surface area contributed by atoms with Crippen molar-refractivity contribution in [2.24, 2.45) is 11.7 Å². The highest BCUT2D eigenvalue weighted by atomic mass is 16.4. The lowest BCUT2D eigenvalue weighted by Gasteiger charge is -2.38. The molecule has 1 aliphatic rings. The van der Waals surface area contributed by atoms with E-state index < -0.39 is 17.9 Å². The fourth-order valence-corrected chi connectivity index (χ4v) is 2.40. The van der Waals surface area contributed by atoms with Crippen LogP contribution in [0.3, 0.4) is 0 Å². The van der Waals surface area contributed by atoms with Crippen LogP contribution in [-0.2, 0) is 9.59 Å². The molecule has 20 heavy (non-hydrogen) atoms. The molecule has 7 nitrogen and oxygen atoms in total. The number of nitrogens with one attached hydrogen (secondary N) is 1. The fraction of sp³-hybridized carbons (Fsp3) is 0.769. The van der Waals surface area contributed by atoms with E-state index >= 15 is 0 Å². The Hall–Kier alpha value is -1.79. The number of primary amides is 1. The molecule has 0 aliphatic carbocycles. The van der Waals surface area contributed by atoms with Crippen LogP contribution in [-0.4, -0.2) is 46.5 Å². The summed E-state index contributed by atoms with van der Waals surface area (Å²) >= 11 is 0. The Morgan fingerprint density at radius 3 is 2.60 bits per heavy atom. The molecule has 114 valence electrons. The van der Waals surface area contributed by atoms with Gasteiger partial charge in [-0.1, -0.05) is 6.92 Å². The molecule has 1 heterocycles. The van der Waals surface area contributed by atoms with E-state index in [9.17, 15) is 14.4 Å². The SMILES string of the molecule is CC1CCCN(C(=O)NC(CCC(N)=O)C(=O)O)C1C. The lowest BCUT2D eigenvalue weighted by molar-refractivity contribution is -0.139. The lowest BCUT2D eigenvalue weighted by Crippen LogP contribution is -2.54. The molecule has 4 N–H and O–H groups in total. The van der Waals surface area contributed by atoms with Crippen molar-refractivity contribution in [3.8, 4) is 0 Å². The molecule has 1 fully saturated rings. The number of carboxylic acids is 1. The number of nitrogens with two attached hydrogens (primary N) is 1. The minimum Gasteiger partial charge on any atom is -0.480 e. The van der Waals surface area contributed by atoms with Gasteiger partial charge in [0.1, 0.15) is 6.04 Å². The summed E-state index contributed by atoms with van der Waals surface area (Å²) in [5.41, 5.74) is 5.00. The monoisotopic (exact) mass is 285 g/mol. The van der Waals surface area contributed by atoms with Gasteiger partial charge in [-0.2, -0.15) is 0 Å².